The number of halogens is 1. The van der Waals surface area contributed by atoms with E-state index < -0.39 is 10.0 Å². The fraction of sp³-hybridized carbons (Fsp3) is 0.143. The summed E-state index contributed by atoms with van der Waals surface area (Å²) in [5, 5.41) is 9.95. The zero-order valence-corrected chi connectivity index (χ0v) is 12.2. The number of aryl methyl sites for hydroxylation is 1. The van der Waals surface area contributed by atoms with Gasteiger partial charge in [0.15, 0.2) is 0 Å². The first kappa shape index (κ1) is 14.7. The number of phenolic OH excluding ortho intramolecular Hbond substituents is 1. The Labute approximate surface area is 123 Å². The van der Waals surface area contributed by atoms with E-state index in [2.05, 4.69) is 4.72 Å². The van der Waals surface area contributed by atoms with Crippen LogP contribution in [0.1, 0.15) is 5.56 Å². The Kier molecular flexibility index (Phi) is 4.52. The van der Waals surface area contributed by atoms with Crippen molar-refractivity contribution in [3.63, 3.8) is 0 Å². The molecule has 6 heteroatoms. The Hall–Kier alpha value is -1.72. The van der Waals surface area contributed by atoms with Gasteiger partial charge >= 0.3 is 0 Å². The molecule has 4 nitrogen and oxygen atoms in total. The molecule has 0 fully saturated rings. The molecule has 0 aromatic heterocycles. The molecule has 0 heterocycles. The number of benzene rings is 2. The van der Waals surface area contributed by atoms with Gasteiger partial charge in [-0.15, -0.1) is 0 Å². The minimum absolute atomic E-state index is 0.0665. The van der Waals surface area contributed by atoms with Crippen molar-refractivity contribution < 1.29 is 13.5 Å². The molecule has 2 aromatic carbocycles. The Morgan fingerprint density at radius 2 is 1.80 bits per heavy atom. The standard InChI is InChI=1S/C14H14ClNO3S/c15-12-6-7-14(17)13(10-12)16-20(18,19)9-8-11-4-2-1-3-5-11/h1-7,10,16-17H,8-9H2. The van der Waals surface area contributed by atoms with Crippen molar-refractivity contribution in [1.82, 2.24) is 0 Å². The van der Waals surface area contributed by atoms with Crippen molar-refractivity contribution in [2.75, 3.05) is 10.5 Å². The molecule has 106 valence electrons. The summed E-state index contributed by atoms with van der Waals surface area (Å²) < 4.78 is 26.3. The van der Waals surface area contributed by atoms with Gasteiger partial charge in [-0.3, -0.25) is 4.72 Å². The Bertz CT molecular complexity index is 687. The molecule has 2 rings (SSSR count). The molecule has 2 N–H and O–H groups in total. The van der Waals surface area contributed by atoms with E-state index in [9.17, 15) is 13.5 Å². The molecule has 20 heavy (non-hydrogen) atoms. The molecule has 0 amide bonds. The highest BCUT2D eigenvalue weighted by atomic mass is 35.5. The maximum Gasteiger partial charge on any atom is 0.233 e. The summed E-state index contributed by atoms with van der Waals surface area (Å²) in [6.45, 7) is 0. The number of nitrogens with one attached hydrogen (secondary N) is 1. The molecule has 0 saturated carbocycles. The van der Waals surface area contributed by atoms with E-state index in [-0.39, 0.29) is 17.2 Å². The Morgan fingerprint density at radius 1 is 1.10 bits per heavy atom. The largest absolute Gasteiger partial charge is 0.506 e. The van der Waals surface area contributed by atoms with Crippen LogP contribution in [-0.4, -0.2) is 19.3 Å². The van der Waals surface area contributed by atoms with Gasteiger partial charge < -0.3 is 5.11 Å². The van der Waals surface area contributed by atoms with Gasteiger partial charge in [0.1, 0.15) is 5.75 Å². The fourth-order valence-electron chi connectivity index (χ4n) is 1.71. The zero-order chi connectivity index (χ0) is 14.6. The number of aromatic hydroxyl groups is 1. The molecule has 0 bridgehead atoms. The zero-order valence-electron chi connectivity index (χ0n) is 10.6. The third-order valence-electron chi connectivity index (χ3n) is 2.73. The van der Waals surface area contributed by atoms with Crippen LogP contribution in [0.25, 0.3) is 0 Å². The summed E-state index contributed by atoms with van der Waals surface area (Å²) in [5.74, 6) is -0.221. The molecule has 0 aliphatic rings. The van der Waals surface area contributed by atoms with E-state index in [1.165, 1.54) is 18.2 Å². The van der Waals surface area contributed by atoms with E-state index in [1.54, 1.807) is 0 Å². The fourth-order valence-corrected chi connectivity index (χ4v) is 2.98. The van der Waals surface area contributed by atoms with Crippen LogP contribution in [0.5, 0.6) is 5.75 Å². The van der Waals surface area contributed by atoms with Gasteiger partial charge in [0, 0.05) is 5.02 Å². The Morgan fingerprint density at radius 3 is 2.50 bits per heavy atom. The van der Waals surface area contributed by atoms with Crippen LogP contribution in [0.15, 0.2) is 48.5 Å². The first-order valence-electron chi connectivity index (χ1n) is 5.99. The van der Waals surface area contributed by atoms with Crippen LogP contribution in [0, 0.1) is 0 Å². The first-order chi connectivity index (χ1) is 9.46. The smallest absolute Gasteiger partial charge is 0.233 e. The van der Waals surface area contributed by atoms with E-state index in [0.717, 1.165) is 5.56 Å². The molecule has 0 spiro atoms. The molecular formula is C14H14ClNO3S. The maximum absolute atomic E-state index is 12.0. The second kappa shape index (κ2) is 6.15. The van der Waals surface area contributed by atoms with E-state index in [4.69, 9.17) is 11.6 Å². The highest BCUT2D eigenvalue weighted by molar-refractivity contribution is 7.92. The molecule has 0 atom stereocenters. The van der Waals surface area contributed by atoms with Crippen molar-refractivity contribution in [2.24, 2.45) is 0 Å². The molecule has 0 saturated heterocycles. The lowest BCUT2D eigenvalue weighted by atomic mass is 10.2. The summed E-state index contributed by atoms with van der Waals surface area (Å²) in [6, 6.07) is 13.5. The number of sulfonamides is 1. The lowest BCUT2D eigenvalue weighted by Gasteiger charge is -2.10. The number of hydrogen-bond donors (Lipinski definition) is 2. The third-order valence-corrected chi connectivity index (χ3v) is 4.23. The summed E-state index contributed by atoms with van der Waals surface area (Å²) in [7, 11) is -3.54. The topological polar surface area (TPSA) is 66.4 Å². The molecular weight excluding hydrogens is 298 g/mol. The summed E-state index contributed by atoms with van der Waals surface area (Å²) >= 11 is 5.77. The van der Waals surface area contributed by atoms with Crippen molar-refractivity contribution in [3.8, 4) is 5.75 Å². The molecule has 2 aromatic rings. The number of phenols is 1. The number of rotatable bonds is 5. The predicted molar refractivity (Wildman–Crippen MR) is 80.7 cm³/mol. The minimum atomic E-state index is -3.54. The second-order valence-electron chi connectivity index (χ2n) is 4.32. The molecule has 0 aliphatic heterocycles. The van der Waals surface area contributed by atoms with Gasteiger partial charge in [-0.1, -0.05) is 41.9 Å². The van der Waals surface area contributed by atoms with Crippen LogP contribution in [0.2, 0.25) is 5.02 Å². The number of hydrogen-bond acceptors (Lipinski definition) is 3. The molecule has 0 aliphatic carbocycles. The van der Waals surface area contributed by atoms with Crippen LogP contribution in [0.3, 0.4) is 0 Å². The monoisotopic (exact) mass is 311 g/mol. The van der Waals surface area contributed by atoms with Crippen molar-refractivity contribution in [2.45, 2.75) is 6.42 Å². The lowest BCUT2D eigenvalue weighted by Crippen LogP contribution is -2.18. The lowest BCUT2D eigenvalue weighted by molar-refractivity contribution is 0.477. The van der Waals surface area contributed by atoms with Crippen molar-refractivity contribution in [1.29, 1.82) is 0 Å². The second-order valence-corrected chi connectivity index (χ2v) is 6.60. The third kappa shape index (κ3) is 4.15. The molecule has 0 unspecified atom stereocenters. The average Bonchev–Trinajstić information content (AvgIpc) is 2.42. The van der Waals surface area contributed by atoms with Gasteiger partial charge in [0.25, 0.3) is 0 Å². The van der Waals surface area contributed by atoms with Gasteiger partial charge in [-0.25, -0.2) is 8.42 Å². The summed E-state index contributed by atoms with van der Waals surface area (Å²) in [4.78, 5) is 0. The van der Waals surface area contributed by atoms with Gasteiger partial charge in [-0.05, 0) is 30.2 Å². The minimum Gasteiger partial charge on any atom is -0.506 e. The average molecular weight is 312 g/mol. The highest BCUT2D eigenvalue weighted by Gasteiger charge is 2.13. The quantitative estimate of drug-likeness (QED) is 0.834. The SMILES string of the molecule is O=S(=O)(CCc1ccccc1)Nc1cc(Cl)ccc1O. The van der Waals surface area contributed by atoms with Crippen LogP contribution in [-0.2, 0) is 16.4 Å². The predicted octanol–water partition coefficient (Wildman–Crippen LogP) is 3.03. The van der Waals surface area contributed by atoms with E-state index >= 15 is 0 Å². The Balaban J connectivity index is 2.06. The summed E-state index contributed by atoms with van der Waals surface area (Å²) in [6.07, 6.45) is 0.400. The maximum atomic E-state index is 12.0. The van der Waals surface area contributed by atoms with E-state index in [1.807, 2.05) is 30.3 Å². The van der Waals surface area contributed by atoms with Gasteiger partial charge in [-0.2, -0.15) is 0 Å². The van der Waals surface area contributed by atoms with E-state index in [0.29, 0.717) is 11.4 Å². The number of anilines is 1. The highest BCUT2D eigenvalue weighted by Crippen LogP contribution is 2.27. The molecule has 0 radical (unpaired) electrons. The van der Waals surface area contributed by atoms with Crippen LogP contribution >= 0.6 is 11.6 Å². The normalized spacial score (nSPS) is 11.2. The van der Waals surface area contributed by atoms with Gasteiger partial charge in [0.2, 0.25) is 10.0 Å². The van der Waals surface area contributed by atoms with Crippen LogP contribution < -0.4 is 4.72 Å². The van der Waals surface area contributed by atoms with Crippen LogP contribution in [0.4, 0.5) is 5.69 Å². The first-order valence-corrected chi connectivity index (χ1v) is 8.02. The van der Waals surface area contributed by atoms with Crippen molar-refractivity contribution in [3.05, 3.63) is 59.1 Å². The van der Waals surface area contributed by atoms with Gasteiger partial charge in [0.05, 0.1) is 11.4 Å². The van der Waals surface area contributed by atoms with Crippen molar-refractivity contribution >= 4 is 27.3 Å². The summed E-state index contributed by atoms with van der Waals surface area (Å²) in [5.41, 5.74) is 1.03.